The molecule has 2 unspecified atom stereocenters. The van der Waals surface area contributed by atoms with Gasteiger partial charge in [0.25, 0.3) is 0 Å². The molecule has 0 saturated carbocycles. The maximum absolute atomic E-state index is 5.28. The van der Waals surface area contributed by atoms with E-state index in [0.717, 1.165) is 24.6 Å². The molecule has 0 amide bonds. The maximum atomic E-state index is 5.28. The number of nitrogens with zero attached hydrogens (tertiary/aromatic N) is 1. The van der Waals surface area contributed by atoms with Gasteiger partial charge in [-0.1, -0.05) is 12.7 Å². The van der Waals surface area contributed by atoms with Crippen molar-refractivity contribution in [2.75, 3.05) is 6.54 Å². The summed E-state index contributed by atoms with van der Waals surface area (Å²) in [5.74, 6) is 1.58. The maximum Gasteiger partial charge on any atom is 0.145 e. The van der Waals surface area contributed by atoms with Crippen LogP contribution in [0.4, 0.5) is 0 Å². The molecule has 1 saturated heterocycles. The Labute approximate surface area is 108 Å². The Bertz CT molecular complexity index is 481. The van der Waals surface area contributed by atoms with Crippen LogP contribution < -0.4 is 10.1 Å². The molecule has 1 aliphatic carbocycles. The first-order valence-corrected chi connectivity index (χ1v) is 6.54. The Morgan fingerprint density at radius 3 is 3.22 bits per heavy atom. The van der Waals surface area contributed by atoms with Crippen LogP contribution in [0, 0.1) is 5.92 Å². The van der Waals surface area contributed by atoms with Crippen molar-refractivity contribution in [3.63, 3.8) is 0 Å². The number of hydrogen-bond acceptors (Lipinski definition) is 3. The second-order valence-corrected chi connectivity index (χ2v) is 4.95. The molecule has 0 radical (unpaired) electrons. The zero-order valence-electron chi connectivity index (χ0n) is 10.4. The summed E-state index contributed by atoms with van der Waals surface area (Å²) in [6, 6.07) is 2.59. The minimum absolute atomic E-state index is 0.553. The predicted octanol–water partition coefficient (Wildman–Crippen LogP) is 2.76. The molecule has 18 heavy (non-hydrogen) atoms. The normalized spacial score (nSPS) is 26.3. The van der Waals surface area contributed by atoms with E-state index in [1.807, 2.05) is 12.3 Å². The average Bonchev–Trinajstić information content (AvgIpc) is 2.86. The Morgan fingerprint density at radius 1 is 1.39 bits per heavy atom. The van der Waals surface area contributed by atoms with Gasteiger partial charge in [-0.25, -0.2) is 0 Å². The summed E-state index contributed by atoms with van der Waals surface area (Å²) in [5, 5.41) is 3.55. The third-order valence-electron chi connectivity index (χ3n) is 3.87. The largest absolute Gasteiger partial charge is 0.464 e. The van der Waals surface area contributed by atoms with Gasteiger partial charge in [-0.15, -0.1) is 0 Å². The number of hydrogen-bond donors (Lipinski definition) is 1. The highest BCUT2D eigenvalue weighted by Crippen LogP contribution is 2.34. The van der Waals surface area contributed by atoms with Crippen LogP contribution in [0.5, 0.6) is 5.75 Å². The Hall–Kier alpha value is -1.61. The van der Waals surface area contributed by atoms with Crippen LogP contribution in [-0.4, -0.2) is 17.6 Å². The highest BCUT2D eigenvalue weighted by molar-refractivity contribution is 5.67. The van der Waals surface area contributed by atoms with Crippen molar-refractivity contribution in [3.8, 4) is 5.75 Å². The minimum atomic E-state index is 0.553. The minimum Gasteiger partial charge on any atom is -0.464 e. The molecule has 3 rings (SSSR count). The number of fused-ring (bicyclic) bond motifs is 1. The molecule has 1 N–H and O–H groups in total. The predicted molar refractivity (Wildman–Crippen MR) is 72.2 cm³/mol. The first-order chi connectivity index (χ1) is 8.86. The summed E-state index contributed by atoms with van der Waals surface area (Å²) in [4.78, 5) is 4.23. The molecule has 2 aliphatic rings. The van der Waals surface area contributed by atoms with E-state index in [4.69, 9.17) is 4.74 Å². The van der Waals surface area contributed by atoms with Crippen molar-refractivity contribution in [2.45, 2.75) is 25.3 Å². The summed E-state index contributed by atoms with van der Waals surface area (Å²) in [6.07, 6.45) is 11.2. The number of allylic oxidation sites excluding steroid dienone is 1. The quantitative estimate of drug-likeness (QED) is 0.828. The number of aromatic nitrogens is 1. The zero-order chi connectivity index (χ0) is 12.4. The molecule has 1 aromatic rings. The monoisotopic (exact) mass is 242 g/mol. The molecular formula is C15H18N2O. The van der Waals surface area contributed by atoms with Crippen LogP contribution in [-0.2, 0) is 0 Å². The summed E-state index contributed by atoms with van der Waals surface area (Å²) in [5.41, 5.74) is 2.55. The van der Waals surface area contributed by atoms with Gasteiger partial charge >= 0.3 is 0 Å². The van der Waals surface area contributed by atoms with Gasteiger partial charge in [0, 0.05) is 12.2 Å². The van der Waals surface area contributed by atoms with Crippen molar-refractivity contribution in [1.29, 1.82) is 0 Å². The second kappa shape index (κ2) is 4.94. The van der Waals surface area contributed by atoms with Crippen molar-refractivity contribution >= 4 is 5.57 Å². The lowest BCUT2D eigenvalue weighted by Crippen LogP contribution is -2.27. The molecule has 3 nitrogen and oxygen atoms in total. The van der Waals surface area contributed by atoms with Gasteiger partial charge in [0.1, 0.15) is 5.75 Å². The highest BCUT2D eigenvalue weighted by Gasteiger charge is 2.28. The van der Waals surface area contributed by atoms with Crippen LogP contribution in [0.3, 0.4) is 0 Å². The number of pyridine rings is 1. The molecule has 0 spiro atoms. The molecule has 2 heterocycles. The lowest BCUT2D eigenvalue weighted by atomic mass is 9.84. The zero-order valence-corrected chi connectivity index (χ0v) is 10.4. The number of nitrogens with one attached hydrogen (secondary N) is 1. The van der Waals surface area contributed by atoms with E-state index in [2.05, 4.69) is 23.0 Å². The van der Waals surface area contributed by atoms with Crippen LogP contribution in [0.1, 0.15) is 24.8 Å². The lowest BCUT2D eigenvalue weighted by molar-refractivity contribution is 0.465. The van der Waals surface area contributed by atoms with Gasteiger partial charge in [-0.2, -0.15) is 0 Å². The SMILES string of the molecule is C=COc1cncc(C2=CC3NCCC3CC2)c1. The van der Waals surface area contributed by atoms with Gasteiger partial charge in [-0.3, -0.25) is 4.98 Å². The molecule has 1 aliphatic heterocycles. The Kier molecular flexibility index (Phi) is 3.15. The van der Waals surface area contributed by atoms with Gasteiger partial charge < -0.3 is 10.1 Å². The topological polar surface area (TPSA) is 34.1 Å². The van der Waals surface area contributed by atoms with E-state index < -0.39 is 0 Å². The van der Waals surface area contributed by atoms with Crippen molar-refractivity contribution in [1.82, 2.24) is 10.3 Å². The molecule has 1 aromatic heterocycles. The molecule has 0 bridgehead atoms. The fourth-order valence-corrected chi connectivity index (χ4v) is 2.94. The van der Waals surface area contributed by atoms with Gasteiger partial charge in [0.15, 0.2) is 0 Å². The standard InChI is InChI=1S/C15H18N2O/c1-2-18-14-7-13(9-16-10-14)12-4-3-11-5-6-17-15(11)8-12/h2,7-11,15,17H,1,3-6H2. The molecular weight excluding hydrogens is 224 g/mol. The lowest BCUT2D eigenvalue weighted by Gasteiger charge is -2.24. The summed E-state index contributed by atoms with van der Waals surface area (Å²) in [7, 11) is 0. The van der Waals surface area contributed by atoms with E-state index in [-0.39, 0.29) is 0 Å². The smallest absolute Gasteiger partial charge is 0.145 e. The summed E-state index contributed by atoms with van der Waals surface area (Å²) >= 11 is 0. The van der Waals surface area contributed by atoms with E-state index in [1.165, 1.54) is 30.2 Å². The fraction of sp³-hybridized carbons (Fsp3) is 0.400. The van der Waals surface area contributed by atoms with Crippen molar-refractivity contribution in [2.24, 2.45) is 5.92 Å². The second-order valence-electron chi connectivity index (χ2n) is 4.95. The van der Waals surface area contributed by atoms with E-state index in [1.54, 1.807) is 6.20 Å². The summed E-state index contributed by atoms with van der Waals surface area (Å²) in [6.45, 7) is 4.72. The third-order valence-corrected chi connectivity index (χ3v) is 3.87. The first kappa shape index (κ1) is 11.5. The summed E-state index contributed by atoms with van der Waals surface area (Å²) < 4.78 is 5.28. The fourth-order valence-electron chi connectivity index (χ4n) is 2.94. The van der Waals surface area contributed by atoms with E-state index in [9.17, 15) is 0 Å². The number of ether oxygens (including phenoxy) is 1. The van der Waals surface area contributed by atoms with E-state index >= 15 is 0 Å². The van der Waals surface area contributed by atoms with Gasteiger partial charge in [0.2, 0.25) is 0 Å². The molecule has 3 heteroatoms. The first-order valence-electron chi connectivity index (χ1n) is 6.54. The molecule has 0 aromatic carbocycles. The van der Waals surface area contributed by atoms with Crippen molar-refractivity contribution in [3.05, 3.63) is 42.9 Å². The third kappa shape index (κ3) is 2.18. The average molecular weight is 242 g/mol. The van der Waals surface area contributed by atoms with Crippen LogP contribution in [0.2, 0.25) is 0 Å². The Balaban J connectivity index is 1.85. The molecule has 94 valence electrons. The number of rotatable bonds is 3. The van der Waals surface area contributed by atoms with Crippen molar-refractivity contribution < 1.29 is 4.74 Å². The van der Waals surface area contributed by atoms with E-state index in [0.29, 0.717) is 6.04 Å². The molecule has 1 fully saturated rings. The van der Waals surface area contributed by atoms with Gasteiger partial charge in [0.05, 0.1) is 12.5 Å². The highest BCUT2D eigenvalue weighted by atomic mass is 16.5. The Morgan fingerprint density at radius 2 is 2.33 bits per heavy atom. The van der Waals surface area contributed by atoms with Crippen LogP contribution in [0.25, 0.3) is 5.57 Å². The van der Waals surface area contributed by atoms with Crippen LogP contribution in [0.15, 0.2) is 37.4 Å². The molecule has 2 atom stereocenters. The van der Waals surface area contributed by atoms with Crippen LogP contribution >= 0.6 is 0 Å². The van der Waals surface area contributed by atoms with Gasteiger partial charge in [-0.05, 0) is 48.9 Å².